The molecule has 3 rings (SSSR count). The van der Waals surface area contributed by atoms with Crippen LogP contribution in [-0.2, 0) is 16.0 Å². The molecule has 4 amide bonds. The highest BCUT2D eigenvalue weighted by Crippen LogP contribution is 2.29. The van der Waals surface area contributed by atoms with Crippen LogP contribution in [0.4, 0.5) is 10.5 Å². The monoisotopic (exact) mass is 454 g/mol. The number of urea groups is 1. The third kappa shape index (κ3) is 4.30. The van der Waals surface area contributed by atoms with Crippen molar-refractivity contribution in [3.63, 3.8) is 0 Å². The summed E-state index contributed by atoms with van der Waals surface area (Å²) in [5.41, 5.74) is 1.64. The molecule has 148 valence electrons. The molecule has 2 aromatic carbocycles. The Kier molecular flexibility index (Phi) is 6.29. The summed E-state index contributed by atoms with van der Waals surface area (Å²) in [6.45, 7) is 5.82. The van der Waals surface area contributed by atoms with Crippen LogP contribution in [0.3, 0.4) is 0 Å². The van der Waals surface area contributed by atoms with Gasteiger partial charge in [0.25, 0.3) is 11.8 Å². The molecule has 1 aliphatic heterocycles. The third-order valence-corrected chi connectivity index (χ3v) is 4.84. The molecule has 0 bridgehead atoms. The number of benzene rings is 2. The van der Waals surface area contributed by atoms with E-state index in [1.54, 1.807) is 36.4 Å². The lowest BCUT2D eigenvalue weighted by molar-refractivity contribution is -0.122. The number of rotatable bonds is 6. The van der Waals surface area contributed by atoms with Crippen LogP contribution in [0.2, 0.25) is 0 Å². The maximum atomic E-state index is 13.1. The highest BCUT2D eigenvalue weighted by Gasteiger charge is 2.37. The number of para-hydroxylation sites is 1. The Hall–Kier alpha value is -3.19. The predicted molar refractivity (Wildman–Crippen MR) is 115 cm³/mol. The average molecular weight is 455 g/mol. The number of carbonyl (C=O) groups is 3. The first-order valence-corrected chi connectivity index (χ1v) is 9.78. The maximum absolute atomic E-state index is 13.1. The second kappa shape index (κ2) is 8.87. The number of halogens is 1. The Morgan fingerprint density at radius 2 is 1.93 bits per heavy atom. The van der Waals surface area contributed by atoms with E-state index in [9.17, 15) is 14.4 Å². The molecule has 1 saturated heterocycles. The molecule has 1 fully saturated rings. The second-order valence-corrected chi connectivity index (χ2v) is 7.14. The van der Waals surface area contributed by atoms with Crippen LogP contribution in [-0.4, -0.2) is 24.5 Å². The van der Waals surface area contributed by atoms with Crippen LogP contribution < -0.4 is 15.0 Å². The van der Waals surface area contributed by atoms with Gasteiger partial charge in [-0.2, -0.15) is 0 Å². The standard InChI is InChI=1S/C22H19BrN2O4/c1-3-11-29-19-10-9-16(23)12-15(19)13-17-20(26)24-22(28)25(21(17)27)18-8-6-5-7-14(18)4-2/h3,5-10,12-13H,1,4,11H2,2H3,(H,24,26,28)/b17-13-. The van der Waals surface area contributed by atoms with E-state index in [-0.39, 0.29) is 12.2 Å². The molecular weight excluding hydrogens is 436 g/mol. The lowest BCUT2D eigenvalue weighted by Gasteiger charge is -2.28. The molecule has 7 heteroatoms. The minimum atomic E-state index is -0.768. The molecule has 1 aliphatic rings. The number of amides is 4. The van der Waals surface area contributed by atoms with Crippen LogP contribution in [0, 0.1) is 0 Å². The third-order valence-electron chi connectivity index (χ3n) is 4.34. The van der Waals surface area contributed by atoms with Crippen LogP contribution in [0.5, 0.6) is 5.75 Å². The molecule has 1 heterocycles. The highest BCUT2D eigenvalue weighted by atomic mass is 79.9. The van der Waals surface area contributed by atoms with Crippen molar-refractivity contribution in [1.82, 2.24) is 5.32 Å². The molecule has 2 aromatic rings. The lowest BCUT2D eigenvalue weighted by Crippen LogP contribution is -2.54. The number of hydrogen-bond acceptors (Lipinski definition) is 4. The van der Waals surface area contributed by atoms with Crippen LogP contribution >= 0.6 is 15.9 Å². The van der Waals surface area contributed by atoms with Crippen molar-refractivity contribution in [2.45, 2.75) is 13.3 Å². The Balaban J connectivity index is 2.07. The molecule has 29 heavy (non-hydrogen) atoms. The van der Waals surface area contributed by atoms with Gasteiger partial charge in [-0.25, -0.2) is 9.69 Å². The van der Waals surface area contributed by atoms with Crippen molar-refractivity contribution >= 4 is 45.5 Å². The van der Waals surface area contributed by atoms with Crippen molar-refractivity contribution in [2.24, 2.45) is 0 Å². The highest BCUT2D eigenvalue weighted by molar-refractivity contribution is 9.10. The molecule has 0 radical (unpaired) electrons. The molecule has 0 unspecified atom stereocenters. The van der Waals surface area contributed by atoms with Gasteiger partial charge >= 0.3 is 6.03 Å². The van der Waals surface area contributed by atoms with Gasteiger partial charge in [0.2, 0.25) is 0 Å². The van der Waals surface area contributed by atoms with E-state index in [1.807, 2.05) is 19.1 Å². The number of aryl methyl sites for hydroxylation is 1. The number of hydrogen-bond donors (Lipinski definition) is 1. The van der Waals surface area contributed by atoms with E-state index in [2.05, 4.69) is 27.8 Å². The number of anilines is 1. The van der Waals surface area contributed by atoms with Gasteiger partial charge < -0.3 is 4.74 Å². The SMILES string of the molecule is C=CCOc1ccc(Br)cc1/C=C1/C(=O)NC(=O)N(c2ccccc2CC)C1=O. The molecule has 0 saturated carbocycles. The van der Waals surface area contributed by atoms with E-state index < -0.39 is 17.8 Å². The van der Waals surface area contributed by atoms with Crippen molar-refractivity contribution in [3.05, 3.63) is 76.3 Å². The van der Waals surface area contributed by atoms with E-state index in [1.165, 1.54) is 6.08 Å². The molecule has 0 spiro atoms. The van der Waals surface area contributed by atoms with E-state index in [0.29, 0.717) is 23.4 Å². The summed E-state index contributed by atoms with van der Waals surface area (Å²) in [4.78, 5) is 39.0. The fourth-order valence-electron chi connectivity index (χ4n) is 2.97. The molecule has 0 aromatic heterocycles. The first kappa shape index (κ1) is 20.5. The van der Waals surface area contributed by atoms with Crippen LogP contribution in [0.1, 0.15) is 18.1 Å². The number of nitrogens with one attached hydrogen (secondary N) is 1. The quantitative estimate of drug-likeness (QED) is 0.402. The van der Waals surface area contributed by atoms with E-state index in [4.69, 9.17) is 4.74 Å². The fraction of sp³-hybridized carbons (Fsp3) is 0.136. The second-order valence-electron chi connectivity index (χ2n) is 6.22. The van der Waals surface area contributed by atoms with E-state index in [0.717, 1.165) is 14.9 Å². The Morgan fingerprint density at radius 3 is 2.66 bits per heavy atom. The van der Waals surface area contributed by atoms with E-state index >= 15 is 0 Å². The molecule has 6 nitrogen and oxygen atoms in total. The van der Waals surface area contributed by atoms with Crippen molar-refractivity contribution in [1.29, 1.82) is 0 Å². The Morgan fingerprint density at radius 1 is 1.17 bits per heavy atom. The van der Waals surface area contributed by atoms with Crippen LogP contribution in [0.25, 0.3) is 6.08 Å². The van der Waals surface area contributed by atoms with Gasteiger partial charge in [-0.1, -0.05) is 53.7 Å². The summed E-state index contributed by atoms with van der Waals surface area (Å²) in [6.07, 6.45) is 3.65. The van der Waals surface area contributed by atoms with Gasteiger partial charge in [0.1, 0.15) is 17.9 Å². The first-order chi connectivity index (χ1) is 14.0. The Bertz CT molecular complexity index is 1030. The van der Waals surface area contributed by atoms with Gasteiger partial charge in [-0.3, -0.25) is 14.9 Å². The minimum absolute atomic E-state index is 0.156. The summed E-state index contributed by atoms with van der Waals surface area (Å²) in [7, 11) is 0. The van der Waals surface area contributed by atoms with Gasteiger partial charge in [-0.05, 0) is 42.3 Å². The normalized spacial score (nSPS) is 15.4. The molecule has 0 aliphatic carbocycles. The summed E-state index contributed by atoms with van der Waals surface area (Å²) in [5, 5.41) is 2.25. The number of ether oxygens (including phenoxy) is 1. The summed E-state index contributed by atoms with van der Waals surface area (Å²) in [6, 6.07) is 11.6. The van der Waals surface area contributed by atoms with Gasteiger partial charge in [0, 0.05) is 10.0 Å². The largest absolute Gasteiger partial charge is 0.489 e. The smallest absolute Gasteiger partial charge is 0.335 e. The van der Waals surface area contributed by atoms with Crippen molar-refractivity contribution in [3.8, 4) is 5.75 Å². The van der Waals surface area contributed by atoms with Crippen LogP contribution in [0.15, 0.2) is 65.2 Å². The summed E-state index contributed by atoms with van der Waals surface area (Å²) < 4.78 is 6.37. The topological polar surface area (TPSA) is 75.7 Å². The van der Waals surface area contributed by atoms with Crippen molar-refractivity contribution < 1.29 is 19.1 Å². The fourth-order valence-corrected chi connectivity index (χ4v) is 3.35. The minimum Gasteiger partial charge on any atom is -0.489 e. The Labute approximate surface area is 177 Å². The van der Waals surface area contributed by atoms with Crippen molar-refractivity contribution in [2.75, 3.05) is 11.5 Å². The number of imide groups is 2. The van der Waals surface area contributed by atoms with Gasteiger partial charge in [-0.15, -0.1) is 0 Å². The molecular formula is C22H19BrN2O4. The number of carbonyl (C=O) groups excluding carboxylic acids is 3. The zero-order valence-corrected chi connectivity index (χ0v) is 17.4. The number of nitrogens with zero attached hydrogens (tertiary/aromatic N) is 1. The average Bonchev–Trinajstić information content (AvgIpc) is 2.70. The molecule has 0 atom stereocenters. The summed E-state index contributed by atoms with van der Waals surface area (Å²) >= 11 is 3.38. The zero-order chi connectivity index (χ0) is 21.0. The predicted octanol–water partition coefficient (Wildman–Crippen LogP) is 4.24. The number of barbiturate groups is 1. The maximum Gasteiger partial charge on any atom is 0.335 e. The lowest BCUT2D eigenvalue weighted by atomic mass is 10.0. The first-order valence-electron chi connectivity index (χ1n) is 8.98. The van der Waals surface area contributed by atoms with Gasteiger partial charge in [0.05, 0.1) is 5.69 Å². The zero-order valence-electron chi connectivity index (χ0n) is 15.8. The molecule has 1 N–H and O–H groups in total. The summed E-state index contributed by atoms with van der Waals surface area (Å²) in [5.74, 6) is -0.951. The van der Waals surface area contributed by atoms with Gasteiger partial charge in [0.15, 0.2) is 0 Å².